The summed E-state index contributed by atoms with van der Waals surface area (Å²) in [6.45, 7) is 1.25. The minimum atomic E-state index is -0.498. The maximum absolute atomic E-state index is 12.3. The largest absolute Gasteiger partial charge is 0.375 e. The van der Waals surface area contributed by atoms with E-state index in [1.54, 1.807) is 17.0 Å². The topological polar surface area (TPSA) is 70.7 Å². The van der Waals surface area contributed by atoms with Crippen molar-refractivity contribution in [2.45, 2.75) is 18.5 Å². The van der Waals surface area contributed by atoms with Crippen LogP contribution in [0.5, 0.6) is 0 Å². The Hall–Kier alpha value is -1.79. The van der Waals surface area contributed by atoms with E-state index in [1.165, 1.54) is 7.11 Å². The molecule has 0 saturated carbocycles. The molecule has 2 amide bonds. The van der Waals surface area contributed by atoms with E-state index in [2.05, 4.69) is 10.6 Å². The third-order valence-electron chi connectivity index (χ3n) is 4.19. The first-order valence-electron chi connectivity index (χ1n) is 7.20. The van der Waals surface area contributed by atoms with Crippen molar-refractivity contribution in [2.75, 3.05) is 32.1 Å². The summed E-state index contributed by atoms with van der Waals surface area (Å²) in [5.41, 5.74) is 0.836. The van der Waals surface area contributed by atoms with Crippen molar-refractivity contribution in [1.29, 1.82) is 0 Å². The maximum atomic E-state index is 12.3. The number of hydrogen-bond acceptors (Lipinski definition) is 4. The molecule has 0 bridgehead atoms. The number of rotatable bonds is 2. The zero-order chi connectivity index (χ0) is 15.7. The summed E-state index contributed by atoms with van der Waals surface area (Å²) in [6.07, 6.45) is 1.30. The number of piperidine rings is 1. The summed E-state index contributed by atoms with van der Waals surface area (Å²) in [5.74, 6) is -0.153. The smallest absolute Gasteiger partial charge is 0.255 e. The van der Waals surface area contributed by atoms with E-state index in [1.807, 2.05) is 6.07 Å². The van der Waals surface area contributed by atoms with Crippen LogP contribution in [0.25, 0.3) is 0 Å². The van der Waals surface area contributed by atoms with Crippen molar-refractivity contribution in [3.63, 3.8) is 0 Å². The van der Waals surface area contributed by atoms with Gasteiger partial charge in [0.1, 0.15) is 12.3 Å². The van der Waals surface area contributed by atoms with Crippen LogP contribution in [0.15, 0.2) is 18.2 Å². The molecule has 6 nitrogen and oxygen atoms in total. The third-order valence-corrected chi connectivity index (χ3v) is 4.43. The predicted molar refractivity (Wildman–Crippen MR) is 83.0 cm³/mol. The van der Waals surface area contributed by atoms with Gasteiger partial charge in [0.15, 0.2) is 0 Å². The van der Waals surface area contributed by atoms with E-state index < -0.39 is 5.66 Å². The molecule has 1 fully saturated rings. The van der Waals surface area contributed by atoms with Gasteiger partial charge in [-0.05, 0) is 18.2 Å². The van der Waals surface area contributed by atoms with Crippen LogP contribution < -0.4 is 10.6 Å². The number of amides is 2. The van der Waals surface area contributed by atoms with Gasteiger partial charge in [0.05, 0.1) is 5.56 Å². The summed E-state index contributed by atoms with van der Waals surface area (Å²) in [7, 11) is 1.51. The second kappa shape index (κ2) is 5.78. The number of benzene rings is 1. The zero-order valence-corrected chi connectivity index (χ0v) is 13.1. The number of nitrogens with one attached hydrogen (secondary N) is 2. The van der Waals surface area contributed by atoms with Crippen molar-refractivity contribution < 1.29 is 14.3 Å². The molecule has 2 N–H and O–H groups in total. The Labute approximate surface area is 133 Å². The van der Waals surface area contributed by atoms with Gasteiger partial charge < -0.3 is 20.3 Å². The highest BCUT2D eigenvalue weighted by Gasteiger charge is 2.40. The van der Waals surface area contributed by atoms with Crippen LogP contribution in [0.4, 0.5) is 5.69 Å². The fourth-order valence-electron chi connectivity index (χ4n) is 2.99. The lowest BCUT2D eigenvalue weighted by molar-refractivity contribution is -0.136. The summed E-state index contributed by atoms with van der Waals surface area (Å²) in [4.78, 5) is 25.9. The third kappa shape index (κ3) is 2.76. The number of methoxy groups -OCH3 is 1. The lowest BCUT2D eigenvalue weighted by Crippen LogP contribution is -2.62. The van der Waals surface area contributed by atoms with Crippen LogP contribution in [0.1, 0.15) is 23.2 Å². The first-order valence-corrected chi connectivity index (χ1v) is 7.58. The number of hydrogen-bond donors (Lipinski definition) is 2. The van der Waals surface area contributed by atoms with E-state index in [0.29, 0.717) is 36.5 Å². The fourth-order valence-corrected chi connectivity index (χ4v) is 3.16. The Morgan fingerprint density at radius 2 is 2.09 bits per heavy atom. The second-order valence-corrected chi connectivity index (χ2v) is 6.10. The van der Waals surface area contributed by atoms with E-state index in [0.717, 1.165) is 5.69 Å². The van der Waals surface area contributed by atoms with Gasteiger partial charge in [0, 0.05) is 43.8 Å². The number of anilines is 1. The van der Waals surface area contributed by atoms with Crippen molar-refractivity contribution in [1.82, 2.24) is 10.2 Å². The Morgan fingerprint density at radius 1 is 1.36 bits per heavy atom. The number of likely N-dealkylation sites (tertiary alicyclic amines) is 1. The maximum Gasteiger partial charge on any atom is 0.255 e. The van der Waals surface area contributed by atoms with Gasteiger partial charge in [-0.2, -0.15) is 0 Å². The molecule has 3 rings (SSSR count). The minimum Gasteiger partial charge on any atom is -0.375 e. The van der Waals surface area contributed by atoms with Gasteiger partial charge in [-0.15, -0.1) is 0 Å². The Balaban J connectivity index is 1.73. The highest BCUT2D eigenvalue weighted by atomic mass is 35.5. The number of carbonyl (C=O) groups excluding carboxylic acids is 2. The highest BCUT2D eigenvalue weighted by Crippen LogP contribution is 2.32. The van der Waals surface area contributed by atoms with E-state index in [4.69, 9.17) is 16.3 Å². The van der Waals surface area contributed by atoms with Crippen LogP contribution in [-0.4, -0.2) is 49.2 Å². The normalized spacial score (nSPS) is 19.4. The molecule has 2 aliphatic rings. The fraction of sp³-hybridized carbons (Fsp3) is 0.467. The molecule has 1 aromatic carbocycles. The molecule has 0 radical (unpaired) electrons. The van der Waals surface area contributed by atoms with Crippen LogP contribution in [0, 0.1) is 0 Å². The van der Waals surface area contributed by atoms with Crippen molar-refractivity contribution >= 4 is 29.1 Å². The van der Waals surface area contributed by atoms with Gasteiger partial charge in [-0.3, -0.25) is 9.59 Å². The lowest BCUT2D eigenvalue weighted by Gasteiger charge is -2.45. The average molecular weight is 324 g/mol. The SMILES string of the molecule is COCC(=O)N1CCC2(CC1)NC(=O)c1cc(Cl)ccc1N2. The molecule has 1 spiro atoms. The molecule has 2 heterocycles. The van der Waals surface area contributed by atoms with Crippen LogP contribution in [0.2, 0.25) is 5.02 Å². The van der Waals surface area contributed by atoms with E-state index >= 15 is 0 Å². The Morgan fingerprint density at radius 3 is 2.77 bits per heavy atom. The predicted octanol–water partition coefficient (Wildman–Crippen LogP) is 1.46. The number of halogens is 1. The molecule has 0 aliphatic carbocycles. The first-order chi connectivity index (χ1) is 10.5. The molecule has 7 heteroatoms. The average Bonchev–Trinajstić information content (AvgIpc) is 2.49. The van der Waals surface area contributed by atoms with Crippen LogP contribution >= 0.6 is 11.6 Å². The Kier molecular flexibility index (Phi) is 3.97. The van der Waals surface area contributed by atoms with Crippen molar-refractivity contribution in [2.24, 2.45) is 0 Å². The second-order valence-electron chi connectivity index (χ2n) is 5.66. The molecular formula is C15H18ClN3O3. The van der Waals surface area contributed by atoms with Gasteiger partial charge in [-0.1, -0.05) is 11.6 Å². The molecule has 0 aromatic heterocycles. The molecule has 0 unspecified atom stereocenters. The molecule has 1 saturated heterocycles. The number of carbonyl (C=O) groups is 2. The van der Waals surface area contributed by atoms with Gasteiger partial charge in [-0.25, -0.2) is 0 Å². The Bertz CT molecular complexity index is 612. The molecule has 1 aromatic rings. The quantitative estimate of drug-likeness (QED) is 0.864. The molecule has 0 atom stereocenters. The van der Waals surface area contributed by atoms with Crippen molar-refractivity contribution in [3.8, 4) is 0 Å². The number of ether oxygens (including phenoxy) is 1. The minimum absolute atomic E-state index is 0.0216. The number of fused-ring (bicyclic) bond motifs is 1. The standard InChI is InChI=1S/C15H18ClN3O3/c1-22-9-13(20)19-6-4-15(5-7-19)17-12-3-2-10(16)8-11(12)14(21)18-15/h2-3,8,17H,4-7,9H2,1H3,(H,18,21). The molecular weight excluding hydrogens is 306 g/mol. The van der Waals surface area contributed by atoms with Crippen LogP contribution in [-0.2, 0) is 9.53 Å². The summed E-state index contributed by atoms with van der Waals surface area (Å²) in [6, 6.07) is 5.24. The van der Waals surface area contributed by atoms with Gasteiger partial charge >= 0.3 is 0 Å². The molecule has 2 aliphatic heterocycles. The van der Waals surface area contributed by atoms with Crippen LogP contribution in [0.3, 0.4) is 0 Å². The molecule has 118 valence electrons. The monoisotopic (exact) mass is 323 g/mol. The lowest BCUT2D eigenvalue weighted by atomic mass is 9.92. The summed E-state index contributed by atoms with van der Waals surface area (Å²) in [5, 5.41) is 6.96. The molecule has 22 heavy (non-hydrogen) atoms. The zero-order valence-electron chi connectivity index (χ0n) is 12.3. The van der Waals surface area contributed by atoms with E-state index in [-0.39, 0.29) is 18.4 Å². The van der Waals surface area contributed by atoms with Gasteiger partial charge in [0.2, 0.25) is 5.91 Å². The first kappa shape index (κ1) is 15.1. The summed E-state index contributed by atoms with van der Waals surface area (Å²) < 4.78 is 4.88. The van der Waals surface area contributed by atoms with Gasteiger partial charge in [0.25, 0.3) is 5.91 Å². The number of nitrogens with zero attached hydrogens (tertiary/aromatic N) is 1. The highest BCUT2D eigenvalue weighted by molar-refractivity contribution is 6.31. The van der Waals surface area contributed by atoms with E-state index in [9.17, 15) is 9.59 Å². The summed E-state index contributed by atoms with van der Waals surface area (Å²) >= 11 is 5.94. The van der Waals surface area contributed by atoms with Crippen molar-refractivity contribution in [3.05, 3.63) is 28.8 Å².